The zero-order valence-corrected chi connectivity index (χ0v) is 12.0. The molecule has 4 N–H and O–H groups in total. The van der Waals surface area contributed by atoms with Gasteiger partial charge in [0.05, 0.1) is 11.4 Å². The number of primary amides is 1. The molecule has 116 valence electrons. The summed E-state index contributed by atoms with van der Waals surface area (Å²) in [7, 11) is -4.13. The fraction of sp³-hybridized carbons (Fsp3) is 0. The third kappa shape index (κ3) is 3.93. The Labute approximate surface area is 126 Å². The summed E-state index contributed by atoms with van der Waals surface area (Å²) >= 11 is 0. The highest BCUT2D eigenvalue weighted by atomic mass is 32.2. The number of hydrogen-bond acceptors (Lipinski definition) is 4. The molecule has 0 aromatic heterocycles. The van der Waals surface area contributed by atoms with Crippen molar-refractivity contribution in [2.75, 3.05) is 4.90 Å². The third-order valence-electron chi connectivity index (χ3n) is 2.61. The van der Waals surface area contributed by atoms with Gasteiger partial charge in [-0.25, -0.2) is 9.18 Å². The minimum Gasteiger partial charge on any atom is -0.371 e. The van der Waals surface area contributed by atoms with E-state index in [0.717, 1.165) is 4.90 Å². The Morgan fingerprint density at radius 1 is 1.00 bits per heavy atom. The van der Waals surface area contributed by atoms with E-state index in [4.69, 9.17) is 10.9 Å². The number of anilines is 2. The van der Waals surface area contributed by atoms with E-state index in [9.17, 15) is 17.6 Å². The summed E-state index contributed by atoms with van der Waals surface area (Å²) in [6, 6.07) is 9.78. The van der Waals surface area contributed by atoms with E-state index in [1.165, 1.54) is 48.5 Å². The quantitative estimate of drug-likeness (QED) is 0.888. The Morgan fingerprint density at radius 2 is 1.45 bits per heavy atom. The summed E-state index contributed by atoms with van der Waals surface area (Å²) in [5.41, 5.74) is 6.03. The van der Waals surface area contributed by atoms with Gasteiger partial charge < -0.3 is 9.92 Å². The van der Waals surface area contributed by atoms with Gasteiger partial charge in [-0.3, -0.25) is 4.90 Å². The highest BCUT2D eigenvalue weighted by Gasteiger charge is 2.15. The van der Waals surface area contributed by atoms with Crippen molar-refractivity contribution in [1.29, 1.82) is 0 Å². The van der Waals surface area contributed by atoms with E-state index in [1.54, 1.807) is 0 Å². The van der Waals surface area contributed by atoms with Gasteiger partial charge in [-0.2, -0.15) is 13.6 Å². The summed E-state index contributed by atoms with van der Waals surface area (Å²) in [6.45, 7) is 0. The first-order valence-corrected chi connectivity index (χ1v) is 7.41. The number of rotatable bonds is 4. The number of halogens is 1. The number of amides is 2. The van der Waals surface area contributed by atoms with Crippen LogP contribution in [0.25, 0.3) is 0 Å². The first kappa shape index (κ1) is 15.7. The molecule has 0 saturated heterocycles. The van der Waals surface area contributed by atoms with Crippen molar-refractivity contribution < 1.29 is 21.8 Å². The predicted molar refractivity (Wildman–Crippen MR) is 78.3 cm³/mol. The number of carbonyl (C=O) groups excluding carboxylic acids is 1. The largest absolute Gasteiger partial charge is 0.380 e. The minimum absolute atomic E-state index is 0.0187. The second kappa shape index (κ2) is 6.00. The van der Waals surface area contributed by atoms with Crippen LogP contribution < -0.4 is 20.0 Å². The number of nitrogens with zero attached hydrogens (tertiary/aromatic N) is 1. The van der Waals surface area contributed by atoms with Gasteiger partial charge in [0.25, 0.3) is 0 Å². The number of urea groups is 1. The van der Waals surface area contributed by atoms with Crippen molar-refractivity contribution >= 4 is 27.7 Å². The summed E-state index contributed by atoms with van der Waals surface area (Å²) in [5.74, 6) is -0.472. The van der Waals surface area contributed by atoms with E-state index in [2.05, 4.69) is 4.18 Å². The van der Waals surface area contributed by atoms with Gasteiger partial charge in [-0.15, -0.1) is 0 Å². The van der Waals surface area contributed by atoms with Crippen molar-refractivity contribution in [3.63, 3.8) is 0 Å². The molecule has 0 fully saturated rings. The standard InChI is InChI=1S/C13H12FN3O4S/c14-9-1-3-10(4-2-9)17(13(15)18)11-5-7-12(8-6-11)21-22(16,19)20/h1-8H,(H2,15,18)(H2,16,19,20). The maximum atomic E-state index is 12.9. The average Bonchev–Trinajstić information content (AvgIpc) is 2.41. The highest BCUT2D eigenvalue weighted by Crippen LogP contribution is 2.27. The molecule has 2 aromatic rings. The van der Waals surface area contributed by atoms with Crippen LogP contribution in [0, 0.1) is 5.82 Å². The lowest BCUT2D eigenvalue weighted by molar-refractivity contribution is 0.256. The minimum atomic E-state index is -4.13. The Bertz CT molecular complexity index is 776. The molecule has 0 spiro atoms. The van der Waals surface area contributed by atoms with Crippen LogP contribution in [0.15, 0.2) is 48.5 Å². The summed E-state index contributed by atoms with van der Waals surface area (Å²) < 4.78 is 39.1. The lowest BCUT2D eigenvalue weighted by Crippen LogP contribution is -2.31. The van der Waals surface area contributed by atoms with E-state index in [0.29, 0.717) is 11.4 Å². The number of hydrogen-bond donors (Lipinski definition) is 2. The second-order valence-electron chi connectivity index (χ2n) is 4.22. The van der Waals surface area contributed by atoms with E-state index >= 15 is 0 Å². The predicted octanol–water partition coefficient (Wildman–Crippen LogP) is 1.62. The zero-order chi connectivity index (χ0) is 16.3. The first-order valence-electron chi connectivity index (χ1n) is 5.94. The zero-order valence-electron chi connectivity index (χ0n) is 11.1. The maximum absolute atomic E-state index is 12.9. The van der Waals surface area contributed by atoms with Gasteiger partial charge in [0, 0.05) is 0 Å². The lowest BCUT2D eigenvalue weighted by atomic mass is 10.2. The molecule has 2 amide bonds. The molecule has 0 radical (unpaired) electrons. The normalized spacial score (nSPS) is 11.0. The van der Waals surface area contributed by atoms with Crippen LogP contribution in [0.3, 0.4) is 0 Å². The van der Waals surface area contributed by atoms with Gasteiger partial charge in [0.2, 0.25) is 0 Å². The number of carbonyl (C=O) groups is 1. The molecule has 0 aliphatic rings. The molecule has 7 nitrogen and oxygen atoms in total. The molecule has 0 bridgehead atoms. The van der Waals surface area contributed by atoms with Crippen molar-refractivity contribution in [1.82, 2.24) is 0 Å². The SMILES string of the molecule is NC(=O)N(c1ccc(F)cc1)c1ccc(OS(N)(=O)=O)cc1. The second-order valence-corrected chi connectivity index (χ2v) is 5.37. The average molecular weight is 325 g/mol. The molecule has 22 heavy (non-hydrogen) atoms. The van der Waals surface area contributed by atoms with E-state index in [-0.39, 0.29) is 5.75 Å². The first-order chi connectivity index (χ1) is 10.3. The monoisotopic (exact) mass is 325 g/mol. The summed E-state index contributed by atoms with van der Waals surface area (Å²) in [6.07, 6.45) is 0. The van der Waals surface area contributed by atoms with Crippen LogP contribution in [0.1, 0.15) is 0 Å². The molecule has 0 heterocycles. The Hall–Kier alpha value is -2.65. The Balaban J connectivity index is 2.33. The van der Waals surface area contributed by atoms with Crippen molar-refractivity contribution in [2.45, 2.75) is 0 Å². The van der Waals surface area contributed by atoms with Gasteiger partial charge in [-0.05, 0) is 48.5 Å². The van der Waals surface area contributed by atoms with Gasteiger partial charge >= 0.3 is 16.3 Å². The van der Waals surface area contributed by atoms with E-state index < -0.39 is 22.2 Å². The van der Waals surface area contributed by atoms with Crippen LogP contribution in [-0.4, -0.2) is 14.4 Å². The smallest absolute Gasteiger partial charge is 0.371 e. The molecule has 2 rings (SSSR count). The topological polar surface area (TPSA) is 116 Å². The van der Waals surface area contributed by atoms with Crippen molar-refractivity contribution in [3.05, 3.63) is 54.3 Å². The van der Waals surface area contributed by atoms with Crippen molar-refractivity contribution in [2.24, 2.45) is 10.9 Å². The fourth-order valence-corrected chi connectivity index (χ4v) is 2.16. The highest BCUT2D eigenvalue weighted by molar-refractivity contribution is 7.84. The fourth-order valence-electron chi connectivity index (χ4n) is 1.78. The van der Waals surface area contributed by atoms with Crippen LogP contribution in [-0.2, 0) is 10.3 Å². The summed E-state index contributed by atoms with van der Waals surface area (Å²) in [5, 5.41) is 4.75. The summed E-state index contributed by atoms with van der Waals surface area (Å²) in [4.78, 5) is 12.7. The van der Waals surface area contributed by atoms with Crippen LogP contribution >= 0.6 is 0 Å². The molecule has 0 saturated carbocycles. The van der Waals surface area contributed by atoms with Crippen LogP contribution in [0.4, 0.5) is 20.6 Å². The van der Waals surface area contributed by atoms with Crippen LogP contribution in [0.5, 0.6) is 5.75 Å². The van der Waals surface area contributed by atoms with Crippen molar-refractivity contribution in [3.8, 4) is 5.75 Å². The Kier molecular flexibility index (Phi) is 4.29. The third-order valence-corrected chi connectivity index (χ3v) is 3.04. The molecule has 0 aliphatic carbocycles. The number of benzene rings is 2. The molecular weight excluding hydrogens is 313 g/mol. The molecule has 0 aliphatic heterocycles. The molecular formula is C13H12FN3O4S. The Morgan fingerprint density at radius 3 is 1.86 bits per heavy atom. The lowest BCUT2D eigenvalue weighted by Gasteiger charge is -2.20. The van der Waals surface area contributed by atoms with Crippen LogP contribution in [0.2, 0.25) is 0 Å². The van der Waals surface area contributed by atoms with Gasteiger partial charge in [-0.1, -0.05) is 0 Å². The molecule has 0 atom stereocenters. The van der Waals surface area contributed by atoms with Gasteiger partial charge in [0.15, 0.2) is 0 Å². The maximum Gasteiger partial charge on any atom is 0.380 e. The van der Waals surface area contributed by atoms with Gasteiger partial charge in [0.1, 0.15) is 11.6 Å². The molecule has 9 heteroatoms. The number of nitrogens with two attached hydrogens (primary N) is 2. The molecule has 2 aromatic carbocycles. The van der Waals surface area contributed by atoms with E-state index in [1.807, 2.05) is 0 Å². The molecule has 0 unspecified atom stereocenters.